The number of aromatic nitrogens is 4. The molecule has 6 nitrogen and oxygen atoms in total. The van der Waals surface area contributed by atoms with Gasteiger partial charge < -0.3 is 8.97 Å². The second-order valence-electron chi connectivity index (χ2n) is 17.9. The molecule has 0 aliphatic carbocycles. The van der Waals surface area contributed by atoms with Gasteiger partial charge in [-0.15, -0.1) is 0 Å². The van der Waals surface area contributed by atoms with Gasteiger partial charge in [0.25, 0.3) is 6.33 Å². The normalized spacial score (nSPS) is 12.0. The number of ether oxygens (including phenoxy) is 1. The van der Waals surface area contributed by atoms with Crippen LogP contribution in [0.3, 0.4) is 0 Å². The van der Waals surface area contributed by atoms with Gasteiger partial charge >= 0.3 is 0 Å². The summed E-state index contributed by atoms with van der Waals surface area (Å²) in [7, 11) is -3.38. The zero-order chi connectivity index (χ0) is 42.6. The molecule has 0 amide bonds. The Morgan fingerprint density at radius 1 is 0.532 bits per heavy atom. The number of fused-ring (bicyclic) bond motifs is 4. The lowest BCUT2D eigenvalue weighted by molar-refractivity contribution is -0.571. The van der Waals surface area contributed by atoms with Gasteiger partial charge in [0.2, 0.25) is 0 Å². The fourth-order valence-electron chi connectivity index (χ4n) is 9.44. The summed E-state index contributed by atoms with van der Waals surface area (Å²) in [6.07, 6.45) is 5.77. The van der Waals surface area contributed by atoms with Gasteiger partial charge in [-0.2, -0.15) is 0 Å². The van der Waals surface area contributed by atoms with Crippen LogP contribution in [-0.2, 0) is 0 Å². The zero-order valence-corrected chi connectivity index (χ0v) is 38.0. The predicted molar refractivity (Wildman–Crippen MR) is 262 cm³/mol. The van der Waals surface area contributed by atoms with Crippen LogP contribution in [0.4, 0.5) is 5.69 Å². The third kappa shape index (κ3) is 7.11. The molecule has 0 spiro atoms. The third-order valence-corrected chi connectivity index (χ3v) is 18.7. The number of nitrogens with zero attached hydrogens (tertiary/aromatic N) is 5. The van der Waals surface area contributed by atoms with Crippen LogP contribution in [0.15, 0.2) is 188 Å². The van der Waals surface area contributed by atoms with Gasteiger partial charge in [-0.05, 0) is 64.7 Å². The van der Waals surface area contributed by atoms with Gasteiger partial charge in [0.1, 0.15) is 33.8 Å². The molecule has 10 rings (SSSR count). The summed E-state index contributed by atoms with van der Waals surface area (Å²) < 4.78 is 16.2. The van der Waals surface area contributed by atoms with Crippen molar-refractivity contribution in [1.29, 1.82) is 0 Å². The first kappa shape index (κ1) is 39.1. The third-order valence-electron chi connectivity index (χ3n) is 11.5. The molecule has 0 bridgehead atoms. The summed E-state index contributed by atoms with van der Waals surface area (Å²) in [6, 6.07) is 64.1. The molecular weight excluding hydrogens is 791 g/mol. The van der Waals surface area contributed by atoms with Gasteiger partial charge in [-0.25, -0.2) is 4.98 Å². The van der Waals surface area contributed by atoms with E-state index < -0.39 is 16.5 Å². The number of rotatable bonds is 10. The SMILES string of the molecule is C[Si](C)(C)N(c1ccnc(-n2c3ccccc3c3ccc(Oc4cccc(-n5[c-][n+](-c6c(-c7ccccc7)cccc6-c6ccccc6)c6ccccc65)c4)cc32)c1)[Si](C)(C)C. The maximum atomic E-state index is 6.78. The second kappa shape index (κ2) is 15.5. The van der Waals surface area contributed by atoms with Crippen LogP contribution in [-0.4, -0.2) is 30.6 Å². The van der Waals surface area contributed by atoms with Crippen LogP contribution < -0.4 is 13.5 Å². The number of anilines is 1. The van der Waals surface area contributed by atoms with E-state index in [0.29, 0.717) is 0 Å². The Kier molecular flexibility index (Phi) is 9.77. The average molecular weight is 840 g/mol. The van der Waals surface area contributed by atoms with Crippen molar-refractivity contribution in [1.82, 2.24) is 14.1 Å². The molecule has 0 saturated carbocycles. The van der Waals surface area contributed by atoms with Gasteiger partial charge in [-0.1, -0.05) is 167 Å². The van der Waals surface area contributed by atoms with Crippen molar-refractivity contribution in [3.05, 3.63) is 195 Å². The first-order chi connectivity index (χ1) is 30.0. The highest BCUT2D eigenvalue weighted by molar-refractivity contribution is 6.99. The summed E-state index contributed by atoms with van der Waals surface area (Å²) >= 11 is 0. The Hall–Kier alpha value is -7.01. The molecule has 0 aliphatic rings. The van der Waals surface area contributed by atoms with Crippen molar-refractivity contribution >= 4 is 55.0 Å². The topological polar surface area (TPSA) is 39.1 Å². The smallest absolute Gasteiger partial charge is 0.269 e. The summed E-state index contributed by atoms with van der Waals surface area (Å²) in [6.45, 7) is 14.6. The first-order valence-electron chi connectivity index (χ1n) is 21.3. The van der Waals surface area contributed by atoms with Gasteiger partial charge in [0, 0.05) is 34.8 Å². The Morgan fingerprint density at radius 3 is 1.82 bits per heavy atom. The second-order valence-corrected chi connectivity index (χ2v) is 27.9. The van der Waals surface area contributed by atoms with Gasteiger partial charge in [0.05, 0.1) is 33.4 Å². The van der Waals surface area contributed by atoms with E-state index in [-0.39, 0.29) is 0 Å². The first-order valence-corrected chi connectivity index (χ1v) is 28.2. The lowest BCUT2D eigenvalue weighted by atomic mass is 9.95. The lowest BCUT2D eigenvalue weighted by Gasteiger charge is -2.46. The highest BCUT2D eigenvalue weighted by Crippen LogP contribution is 2.38. The minimum atomic E-state index is -1.69. The maximum absolute atomic E-state index is 6.78. The summed E-state index contributed by atoms with van der Waals surface area (Å²) in [4.78, 5) is 5.00. The van der Waals surface area contributed by atoms with E-state index in [1.54, 1.807) is 0 Å². The van der Waals surface area contributed by atoms with Gasteiger partial charge in [0.15, 0.2) is 0 Å². The van der Waals surface area contributed by atoms with Crippen LogP contribution in [0.1, 0.15) is 0 Å². The van der Waals surface area contributed by atoms with Crippen LogP contribution in [0.25, 0.3) is 72.3 Å². The molecule has 304 valence electrons. The number of pyridine rings is 1. The molecule has 3 heterocycles. The molecule has 0 unspecified atom stereocenters. The van der Waals surface area contributed by atoms with E-state index >= 15 is 0 Å². The molecule has 10 aromatic rings. The molecule has 0 aliphatic heterocycles. The van der Waals surface area contributed by atoms with Crippen LogP contribution >= 0.6 is 0 Å². The van der Waals surface area contributed by atoms with E-state index in [1.165, 1.54) is 11.1 Å². The number of para-hydroxylation sites is 4. The van der Waals surface area contributed by atoms with Gasteiger partial charge in [-0.3, -0.25) is 13.7 Å². The highest BCUT2D eigenvalue weighted by Gasteiger charge is 2.35. The summed E-state index contributed by atoms with van der Waals surface area (Å²) in [5.74, 6) is 2.39. The van der Waals surface area contributed by atoms with Crippen molar-refractivity contribution < 1.29 is 9.30 Å². The molecule has 0 atom stereocenters. The monoisotopic (exact) mass is 839 g/mol. The Morgan fingerprint density at radius 2 is 1.13 bits per heavy atom. The Bertz CT molecular complexity index is 3180. The van der Waals surface area contributed by atoms with Crippen molar-refractivity contribution in [2.45, 2.75) is 39.3 Å². The molecule has 7 aromatic carbocycles. The highest BCUT2D eigenvalue weighted by atomic mass is 28.4. The average Bonchev–Trinajstić information content (AvgIpc) is 3.82. The minimum absolute atomic E-state index is 0.734. The molecule has 0 fully saturated rings. The Balaban J connectivity index is 1.07. The molecule has 0 N–H and O–H groups in total. The molecule has 0 saturated heterocycles. The zero-order valence-electron chi connectivity index (χ0n) is 36.0. The van der Waals surface area contributed by atoms with Crippen molar-refractivity contribution in [2.24, 2.45) is 0 Å². The van der Waals surface area contributed by atoms with E-state index in [9.17, 15) is 0 Å². The van der Waals surface area contributed by atoms with Crippen molar-refractivity contribution in [3.8, 4) is 50.9 Å². The predicted octanol–water partition coefficient (Wildman–Crippen LogP) is 13.8. The fourth-order valence-corrected chi connectivity index (χ4v) is 19.3. The van der Waals surface area contributed by atoms with Crippen LogP contribution in [0.5, 0.6) is 11.5 Å². The lowest BCUT2D eigenvalue weighted by Crippen LogP contribution is -2.59. The molecule has 3 aromatic heterocycles. The molecular formula is C54H49N5OSi2. The minimum Gasteiger partial charge on any atom is -0.458 e. The summed E-state index contributed by atoms with van der Waals surface area (Å²) in [5, 5.41) is 2.34. The van der Waals surface area contributed by atoms with Crippen molar-refractivity contribution in [3.63, 3.8) is 0 Å². The number of hydrogen-bond acceptors (Lipinski definition) is 3. The van der Waals surface area contributed by atoms with E-state index in [4.69, 9.17) is 9.72 Å². The van der Waals surface area contributed by atoms with Crippen molar-refractivity contribution in [2.75, 3.05) is 4.23 Å². The summed E-state index contributed by atoms with van der Waals surface area (Å²) in [5.41, 5.74) is 12.1. The van der Waals surface area contributed by atoms with E-state index in [2.05, 4.69) is 239 Å². The number of benzene rings is 7. The number of hydrogen-bond donors (Lipinski definition) is 0. The van der Waals surface area contributed by atoms with Crippen LogP contribution in [0.2, 0.25) is 39.3 Å². The quantitative estimate of drug-likeness (QED) is 0.0782. The standard InChI is InChI=1S/C54H49N5OSi2/c1-61(2,3)59(62(4,5)6)42-33-34-55-53(36-42)58-49-28-14-13-25-47(49)48-32-31-44(37-52(48)58)60-43-24-17-23-41(35-43)56-38-57(51-30-16-15-29-50(51)56)54-45(39-19-9-7-10-20-39)26-18-27-46(54)40-21-11-8-12-22-40/h7-37H,1-6H3. The Labute approximate surface area is 365 Å². The molecule has 0 radical (unpaired) electrons. The van der Waals surface area contributed by atoms with E-state index in [0.717, 1.165) is 78.4 Å². The number of imidazole rings is 1. The van der Waals surface area contributed by atoms with E-state index in [1.807, 2.05) is 12.3 Å². The molecule has 8 heteroatoms. The van der Waals surface area contributed by atoms with Crippen LogP contribution in [0, 0.1) is 6.33 Å². The fraction of sp³-hybridized carbons (Fsp3) is 0.111. The largest absolute Gasteiger partial charge is 0.458 e. The maximum Gasteiger partial charge on any atom is 0.269 e. The molecule has 62 heavy (non-hydrogen) atoms.